The molecule has 1 fully saturated rings. The summed E-state index contributed by atoms with van der Waals surface area (Å²) in [6.07, 6.45) is 5.38. The maximum Gasteiger partial charge on any atom is 0.266 e. The molecule has 0 bridgehead atoms. The topological polar surface area (TPSA) is 67.2 Å². The number of fused-ring (bicyclic) bond motifs is 1. The molecule has 0 radical (unpaired) electrons. The Hall–Kier alpha value is -3.58. The predicted octanol–water partition coefficient (Wildman–Crippen LogP) is 2.68. The first-order valence-electron chi connectivity index (χ1n) is 10.6. The Morgan fingerprint density at radius 2 is 1.71 bits per heavy atom. The van der Waals surface area contributed by atoms with Gasteiger partial charge in [0, 0.05) is 68.3 Å². The van der Waals surface area contributed by atoms with Gasteiger partial charge < -0.3 is 4.90 Å². The Morgan fingerprint density at radius 3 is 2.55 bits per heavy atom. The number of piperazine rings is 1. The van der Waals surface area contributed by atoms with Crippen molar-refractivity contribution in [2.24, 2.45) is 0 Å². The lowest BCUT2D eigenvalue weighted by Crippen LogP contribution is -2.48. The van der Waals surface area contributed by atoms with Crippen molar-refractivity contribution >= 4 is 16.6 Å². The molecule has 0 aliphatic carbocycles. The lowest BCUT2D eigenvalue weighted by atomic mass is 10.1. The lowest BCUT2D eigenvalue weighted by molar-refractivity contribution is 0.242. The van der Waals surface area contributed by atoms with Gasteiger partial charge in [-0.3, -0.25) is 14.7 Å². The van der Waals surface area contributed by atoms with Gasteiger partial charge in [-0.2, -0.15) is 5.10 Å². The molecule has 7 heteroatoms. The maximum absolute atomic E-state index is 12.3. The van der Waals surface area contributed by atoms with Crippen LogP contribution < -0.4 is 10.5 Å². The van der Waals surface area contributed by atoms with Gasteiger partial charge in [0.25, 0.3) is 5.56 Å². The first-order chi connectivity index (χ1) is 15.3. The van der Waals surface area contributed by atoms with E-state index in [2.05, 4.69) is 55.2 Å². The summed E-state index contributed by atoms with van der Waals surface area (Å²) < 4.78 is 1.56. The highest BCUT2D eigenvalue weighted by Gasteiger charge is 2.19. The summed E-state index contributed by atoms with van der Waals surface area (Å²) in [7, 11) is 0. The Labute approximate surface area is 180 Å². The van der Waals surface area contributed by atoms with Crippen molar-refractivity contribution in [2.45, 2.75) is 6.54 Å². The molecular formula is C24H24N6O. The zero-order valence-corrected chi connectivity index (χ0v) is 17.3. The Bertz CT molecular complexity index is 1230. The number of hydrogen-bond acceptors (Lipinski definition) is 6. The van der Waals surface area contributed by atoms with Crippen molar-refractivity contribution in [1.29, 1.82) is 0 Å². The smallest absolute Gasteiger partial charge is 0.266 e. The van der Waals surface area contributed by atoms with Crippen LogP contribution in [0.3, 0.4) is 0 Å². The third kappa shape index (κ3) is 4.18. The fourth-order valence-corrected chi connectivity index (χ4v) is 4.05. The highest BCUT2D eigenvalue weighted by molar-refractivity contribution is 5.92. The Kier molecular flexibility index (Phi) is 5.41. The van der Waals surface area contributed by atoms with Crippen LogP contribution in [-0.4, -0.2) is 57.4 Å². The fourth-order valence-electron chi connectivity index (χ4n) is 4.05. The lowest BCUT2D eigenvalue weighted by Gasteiger charge is -2.35. The van der Waals surface area contributed by atoms with Crippen LogP contribution in [0.4, 0.5) is 5.82 Å². The minimum Gasteiger partial charge on any atom is -0.354 e. The van der Waals surface area contributed by atoms with Gasteiger partial charge in [-0.15, -0.1) is 0 Å². The van der Waals surface area contributed by atoms with Gasteiger partial charge in [-0.25, -0.2) is 9.67 Å². The molecular weight excluding hydrogens is 388 g/mol. The summed E-state index contributed by atoms with van der Waals surface area (Å²) in [5, 5.41) is 6.95. The average molecular weight is 412 g/mol. The zero-order valence-electron chi connectivity index (χ0n) is 17.3. The van der Waals surface area contributed by atoms with Gasteiger partial charge in [0.15, 0.2) is 0 Å². The van der Waals surface area contributed by atoms with E-state index in [0.29, 0.717) is 6.54 Å². The van der Waals surface area contributed by atoms with Crippen molar-refractivity contribution in [3.63, 3.8) is 0 Å². The van der Waals surface area contributed by atoms with E-state index in [-0.39, 0.29) is 5.56 Å². The summed E-state index contributed by atoms with van der Waals surface area (Å²) in [4.78, 5) is 25.8. The number of rotatable bonds is 5. The summed E-state index contributed by atoms with van der Waals surface area (Å²) in [6.45, 7) is 5.06. The molecule has 1 saturated heterocycles. The van der Waals surface area contributed by atoms with Gasteiger partial charge >= 0.3 is 0 Å². The number of anilines is 1. The second-order valence-electron chi connectivity index (χ2n) is 7.71. The number of benzene rings is 1. The molecule has 4 heterocycles. The van der Waals surface area contributed by atoms with Crippen LogP contribution in [0.5, 0.6) is 0 Å². The minimum atomic E-state index is -0.0776. The first kappa shape index (κ1) is 19.4. The highest BCUT2D eigenvalue weighted by Crippen LogP contribution is 2.24. The van der Waals surface area contributed by atoms with Crippen molar-refractivity contribution in [3.8, 4) is 11.3 Å². The van der Waals surface area contributed by atoms with E-state index in [1.54, 1.807) is 29.2 Å². The second kappa shape index (κ2) is 8.65. The van der Waals surface area contributed by atoms with E-state index in [1.807, 2.05) is 18.3 Å². The predicted molar refractivity (Wildman–Crippen MR) is 122 cm³/mol. The molecule has 1 aliphatic rings. The number of aromatic nitrogens is 4. The van der Waals surface area contributed by atoms with E-state index >= 15 is 0 Å². The van der Waals surface area contributed by atoms with Crippen LogP contribution in [0.1, 0.15) is 0 Å². The minimum absolute atomic E-state index is 0.0776. The van der Waals surface area contributed by atoms with Crippen molar-refractivity contribution < 1.29 is 0 Å². The Balaban J connectivity index is 1.23. The quantitative estimate of drug-likeness (QED) is 0.502. The monoisotopic (exact) mass is 412 g/mol. The molecule has 0 amide bonds. The summed E-state index contributed by atoms with van der Waals surface area (Å²) in [6, 6.07) is 17.6. The molecule has 1 aliphatic heterocycles. The van der Waals surface area contributed by atoms with Crippen LogP contribution in [0, 0.1) is 0 Å². The SMILES string of the molecule is O=c1ccc(-c2cccnc2)nn1CCN1CCN(c2nccc3ccccc23)CC1. The molecule has 0 atom stereocenters. The van der Waals surface area contributed by atoms with Crippen LogP contribution in [0.25, 0.3) is 22.0 Å². The van der Waals surface area contributed by atoms with Gasteiger partial charge in [-0.1, -0.05) is 24.3 Å². The normalized spacial score (nSPS) is 14.8. The molecule has 0 N–H and O–H groups in total. The summed E-state index contributed by atoms with van der Waals surface area (Å²) in [5.41, 5.74) is 1.60. The second-order valence-corrected chi connectivity index (χ2v) is 7.71. The molecule has 0 unspecified atom stereocenters. The molecule has 31 heavy (non-hydrogen) atoms. The maximum atomic E-state index is 12.3. The third-order valence-electron chi connectivity index (χ3n) is 5.78. The first-order valence-corrected chi connectivity index (χ1v) is 10.6. The average Bonchev–Trinajstić information content (AvgIpc) is 2.84. The van der Waals surface area contributed by atoms with Crippen LogP contribution in [-0.2, 0) is 6.54 Å². The summed E-state index contributed by atoms with van der Waals surface area (Å²) >= 11 is 0. The van der Waals surface area contributed by atoms with Crippen molar-refractivity contribution in [2.75, 3.05) is 37.6 Å². The summed E-state index contributed by atoms with van der Waals surface area (Å²) in [5.74, 6) is 1.06. The van der Waals surface area contributed by atoms with Crippen LogP contribution in [0.15, 0.2) is 78.0 Å². The molecule has 1 aromatic carbocycles. The highest BCUT2D eigenvalue weighted by atomic mass is 16.1. The van der Waals surface area contributed by atoms with Gasteiger partial charge in [0.05, 0.1) is 12.2 Å². The standard InChI is InChI=1S/C24H24N6O/c31-23-8-7-22(20-5-3-10-25-18-20)27-30(23)17-14-28-12-15-29(16-13-28)24-21-6-2-1-4-19(21)9-11-26-24/h1-11,18H,12-17H2. The van der Waals surface area contributed by atoms with Gasteiger partial charge in [0.1, 0.15) is 5.82 Å². The van der Waals surface area contributed by atoms with Crippen molar-refractivity contribution in [1.82, 2.24) is 24.6 Å². The molecule has 3 aromatic heterocycles. The van der Waals surface area contributed by atoms with Gasteiger partial charge in [-0.05, 0) is 29.7 Å². The fraction of sp³-hybridized carbons (Fsp3) is 0.250. The van der Waals surface area contributed by atoms with E-state index in [9.17, 15) is 4.79 Å². The zero-order chi connectivity index (χ0) is 21.0. The van der Waals surface area contributed by atoms with Crippen molar-refractivity contribution in [3.05, 3.63) is 83.5 Å². The number of pyridine rings is 2. The van der Waals surface area contributed by atoms with Gasteiger partial charge in [0.2, 0.25) is 0 Å². The van der Waals surface area contributed by atoms with Crippen LogP contribution in [0.2, 0.25) is 0 Å². The third-order valence-corrected chi connectivity index (χ3v) is 5.78. The number of nitrogens with zero attached hydrogens (tertiary/aromatic N) is 6. The molecule has 156 valence electrons. The largest absolute Gasteiger partial charge is 0.354 e. The molecule has 4 aromatic rings. The number of hydrogen-bond donors (Lipinski definition) is 0. The van der Waals surface area contributed by atoms with E-state index < -0.39 is 0 Å². The van der Waals surface area contributed by atoms with Crippen LogP contribution >= 0.6 is 0 Å². The van der Waals surface area contributed by atoms with E-state index in [1.165, 1.54) is 10.8 Å². The molecule has 7 nitrogen and oxygen atoms in total. The van der Waals surface area contributed by atoms with E-state index in [4.69, 9.17) is 0 Å². The Morgan fingerprint density at radius 1 is 0.839 bits per heavy atom. The molecule has 0 spiro atoms. The molecule has 5 rings (SSSR count). The van der Waals surface area contributed by atoms with E-state index in [0.717, 1.165) is 49.8 Å². The molecule has 0 saturated carbocycles.